The maximum absolute atomic E-state index is 12.0. The van der Waals surface area contributed by atoms with Gasteiger partial charge in [-0.25, -0.2) is 4.79 Å². The Morgan fingerprint density at radius 2 is 1.72 bits per heavy atom. The highest BCUT2D eigenvalue weighted by Gasteiger charge is 2.69. The summed E-state index contributed by atoms with van der Waals surface area (Å²) >= 11 is 0. The zero-order chi connectivity index (χ0) is 17.5. The van der Waals surface area contributed by atoms with Crippen molar-refractivity contribution in [3.63, 3.8) is 0 Å². The van der Waals surface area contributed by atoms with Crippen LogP contribution in [0.5, 0.6) is 0 Å². The molecule has 3 fully saturated rings. The number of alkyl carbamates (subject to hydrolysis) is 1. The lowest BCUT2D eigenvalue weighted by atomic mass is 9.37. The number of nitro groups is 1. The summed E-state index contributed by atoms with van der Waals surface area (Å²) in [6, 6.07) is 16.3. The van der Waals surface area contributed by atoms with Gasteiger partial charge < -0.3 is 10.1 Å². The summed E-state index contributed by atoms with van der Waals surface area (Å²) < 4.78 is 5.28. The van der Waals surface area contributed by atoms with Crippen LogP contribution < -0.4 is 5.32 Å². The number of nitro benzene ring substituents is 1. The number of amides is 1. The second-order valence-corrected chi connectivity index (χ2v) is 7.08. The Balaban J connectivity index is 1.30. The number of ether oxygens (including phenoxy) is 1. The fraction of sp³-hybridized carbons (Fsp3) is 0.316. The minimum absolute atomic E-state index is 0.0574. The van der Waals surface area contributed by atoms with E-state index in [2.05, 4.69) is 5.32 Å². The number of nitrogens with one attached hydrogen (secondary N) is 1. The van der Waals surface area contributed by atoms with Gasteiger partial charge in [0.25, 0.3) is 5.69 Å². The number of carbonyl (C=O) groups excluding carboxylic acids is 1. The Labute approximate surface area is 145 Å². The van der Waals surface area contributed by atoms with E-state index < -0.39 is 4.92 Å². The van der Waals surface area contributed by atoms with Gasteiger partial charge in [-0.05, 0) is 30.4 Å². The Morgan fingerprint density at radius 3 is 2.32 bits per heavy atom. The van der Waals surface area contributed by atoms with Crippen LogP contribution in [-0.2, 0) is 16.8 Å². The van der Waals surface area contributed by atoms with E-state index >= 15 is 0 Å². The number of hydrogen-bond acceptors (Lipinski definition) is 4. The minimum Gasteiger partial charge on any atom is -0.445 e. The highest BCUT2D eigenvalue weighted by Crippen LogP contribution is 2.67. The highest BCUT2D eigenvalue weighted by atomic mass is 16.6. The quantitative estimate of drug-likeness (QED) is 0.666. The first kappa shape index (κ1) is 15.6. The van der Waals surface area contributed by atoms with Crippen molar-refractivity contribution in [3.8, 4) is 0 Å². The summed E-state index contributed by atoms with van der Waals surface area (Å²) in [4.78, 5) is 22.3. The lowest BCUT2D eigenvalue weighted by molar-refractivity contribution is -0.384. The predicted molar refractivity (Wildman–Crippen MR) is 91.1 cm³/mol. The largest absolute Gasteiger partial charge is 0.445 e. The highest BCUT2D eigenvalue weighted by molar-refractivity contribution is 5.70. The van der Waals surface area contributed by atoms with Crippen LogP contribution in [0.2, 0.25) is 0 Å². The van der Waals surface area contributed by atoms with E-state index in [0.717, 1.165) is 30.4 Å². The van der Waals surface area contributed by atoms with Gasteiger partial charge in [0, 0.05) is 23.1 Å². The molecule has 3 aliphatic rings. The standard InChI is InChI=1S/C19H18N2O4/c22-17(25-10-14-4-2-1-3-5-14)20-19-11-18(12-19,13-19)15-6-8-16(9-7-15)21(23)24/h1-9H,10-13H2,(H,20,22). The van der Waals surface area contributed by atoms with Crippen LogP contribution in [0.4, 0.5) is 10.5 Å². The molecule has 0 aromatic heterocycles. The number of rotatable bonds is 5. The smallest absolute Gasteiger partial charge is 0.407 e. The topological polar surface area (TPSA) is 81.5 Å². The molecule has 3 aliphatic carbocycles. The zero-order valence-corrected chi connectivity index (χ0v) is 13.6. The third-order valence-electron chi connectivity index (χ3n) is 5.30. The summed E-state index contributed by atoms with van der Waals surface area (Å²) in [5.41, 5.74) is 2.06. The summed E-state index contributed by atoms with van der Waals surface area (Å²) in [5.74, 6) is 0. The number of nitrogens with zero attached hydrogens (tertiary/aromatic N) is 1. The number of non-ortho nitro benzene ring substituents is 1. The van der Waals surface area contributed by atoms with E-state index in [1.54, 1.807) is 12.1 Å². The molecule has 0 unspecified atom stereocenters. The first-order valence-corrected chi connectivity index (χ1v) is 8.24. The van der Waals surface area contributed by atoms with Gasteiger partial charge >= 0.3 is 6.09 Å². The van der Waals surface area contributed by atoms with Gasteiger partial charge in [0.15, 0.2) is 0 Å². The summed E-state index contributed by atoms with van der Waals surface area (Å²) in [6.45, 7) is 0.260. The van der Waals surface area contributed by atoms with Crippen molar-refractivity contribution >= 4 is 11.8 Å². The molecule has 1 amide bonds. The summed E-state index contributed by atoms with van der Waals surface area (Å²) in [5, 5.41) is 13.7. The lowest BCUT2D eigenvalue weighted by Gasteiger charge is -2.70. The fourth-order valence-electron chi connectivity index (χ4n) is 4.14. The molecule has 128 valence electrons. The first-order valence-electron chi connectivity index (χ1n) is 8.24. The van der Waals surface area contributed by atoms with E-state index in [-0.39, 0.29) is 29.3 Å². The average Bonchev–Trinajstić information content (AvgIpc) is 2.56. The molecule has 0 spiro atoms. The molecule has 0 aliphatic heterocycles. The molecule has 0 saturated heterocycles. The molecule has 25 heavy (non-hydrogen) atoms. The van der Waals surface area contributed by atoms with Crippen LogP contribution in [0, 0.1) is 10.1 Å². The second-order valence-electron chi connectivity index (χ2n) is 7.08. The van der Waals surface area contributed by atoms with Crippen molar-refractivity contribution < 1.29 is 14.5 Å². The molecule has 3 saturated carbocycles. The van der Waals surface area contributed by atoms with Crippen LogP contribution in [0.25, 0.3) is 0 Å². The molecule has 2 aromatic carbocycles. The Bertz CT molecular complexity index is 797. The molecular weight excluding hydrogens is 320 g/mol. The molecule has 2 bridgehead atoms. The molecule has 2 aromatic rings. The van der Waals surface area contributed by atoms with Gasteiger partial charge in [-0.3, -0.25) is 10.1 Å². The first-order chi connectivity index (χ1) is 12.0. The van der Waals surface area contributed by atoms with Gasteiger partial charge in [0.05, 0.1) is 4.92 Å². The molecule has 0 atom stereocenters. The number of benzene rings is 2. The van der Waals surface area contributed by atoms with E-state index in [1.165, 1.54) is 0 Å². The SMILES string of the molecule is O=C(NC12CC(c3ccc([N+](=O)[O-])cc3)(C1)C2)OCc1ccccc1. The van der Waals surface area contributed by atoms with Crippen molar-refractivity contribution in [2.45, 2.75) is 36.8 Å². The van der Waals surface area contributed by atoms with E-state index in [4.69, 9.17) is 4.74 Å². The van der Waals surface area contributed by atoms with E-state index in [0.29, 0.717) is 0 Å². The van der Waals surface area contributed by atoms with Crippen molar-refractivity contribution in [3.05, 3.63) is 75.8 Å². The van der Waals surface area contributed by atoms with E-state index in [9.17, 15) is 14.9 Å². The number of carbonyl (C=O) groups is 1. The van der Waals surface area contributed by atoms with Gasteiger partial charge in [-0.1, -0.05) is 42.5 Å². The summed E-state index contributed by atoms with van der Waals surface area (Å²) in [6.07, 6.45) is 2.19. The van der Waals surface area contributed by atoms with Crippen LogP contribution in [-0.4, -0.2) is 16.6 Å². The Kier molecular flexibility index (Phi) is 3.49. The molecule has 0 heterocycles. The number of hydrogen-bond donors (Lipinski definition) is 1. The van der Waals surface area contributed by atoms with Gasteiger partial charge in [0.2, 0.25) is 0 Å². The van der Waals surface area contributed by atoms with Crippen LogP contribution in [0.3, 0.4) is 0 Å². The van der Waals surface area contributed by atoms with E-state index in [1.807, 2.05) is 42.5 Å². The zero-order valence-electron chi connectivity index (χ0n) is 13.6. The van der Waals surface area contributed by atoms with Crippen LogP contribution >= 0.6 is 0 Å². The van der Waals surface area contributed by atoms with Gasteiger partial charge in [0.1, 0.15) is 6.61 Å². The Hall–Kier alpha value is -2.89. The predicted octanol–water partition coefficient (Wildman–Crippen LogP) is 3.70. The van der Waals surface area contributed by atoms with Crippen molar-refractivity contribution in [2.24, 2.45) is 0 Å². The summed E-state index contributed by atoms with van der Waals surface area (Å²) in [7, 11) is 0. The molecule has 6 heteroatoms. The van der Waals surface area contributed by atoms with Gasteiger partial charge in [-0.2, -0.15) is 0 Å². The minimum atomic E-state index is -0.391. The molecule has 6 nitrogen and oxygen atoms in total. The fourth-order valence-corrected chi connectivity index (χ4v) is 4.14. The normalized spacial score (nSPS) is 26.1. The molecule has 0 radical (unpaired) electrons. The average molecular weight is 338 g/mol. The Morgan fingerprint density at radius 1 is 1.08 bits per heavy atom. The molecular formula is C19H18N2O4. The van der Waals surface area contributed by atoms with Crippen molar-refractivity contribution in [1.29, 1.82) is 0 Å². The van der Waals surface area contributed by atoms with Crippen molar-refractivity contribution in [1.82, 2.24) is 5.32 Å². The maximum Gasteiger partial charge on any atom is 0.407 e. The second kappa shape index (κ2) is 5.58. The third-order valence-corrected chi connectivity index (χ3v) is 5.30. The molecule has 1 N–H and O–H groups in total. The maximum atomic E-state index is 12.0. The lowest BCUT2D eigenvalue weighted by Crippen LogP contribution is -2.76. The third kappa shape index (κ3) is 2.73. The van der Waals surface area contributed by atoms with Crippen molar-refractivity contribution in [2.75, 3.05) is 0 Å². The van der Waals surface area contributed by atoms with Gasteiger partial charge in [-0.15, -0.1) is 0 Å². The van der Waals surface area contributed by atoms with Crippen LogP contribution in [0.15, 0.2) is 54.6 Å². The monoisotopic (exact) mass is 338 g/mol. The molecule has 5 rings (SSSR count). The van der Waals surface area contributed by atoms with Crippen LogP contribution in [0.1, 0.15) is 30.4 Å².